The lowest BCUT2D eigenvalue weighted by Crippen LogP contribution is -2.39. The molecule has 1 fully saturated rings. The monoisotopic (exact) mass is 391 g/mol. The highest BCUT2D eigenvalue weighted by Gasteiger charge is 2.24. The predicted molar refractivity (Wildman–Crippen MR) is 93.2 cm³/mol. The topological polar surface area (TPSA) is 82.1 Å². The number of ether oxygens (including phenoxy) is 2. The van der Waals surface area contributed by atoms with Gasteiger partial charge >= 0.3 is 10.1 Å². The van der Waals surface area contributed by atoms with Crippen molar-refractivity contribution in [3.63, 3.8) is 0 Å². The number of benzene rings is 1. The fourth-order valence-corrected chi connectivity index (χ4v) is 3.31. The van der Waals surface area contributed by atoms with Crippen LogP contribution < -0.4 is 4.18 Å². The molecule has 1 aromatic carbocycles. The zero-order valence-corrected chi connectivity index (χ0v) is 15.8. The van der Waals surface area contributed by atoms with E-state index >= 15 is 0 Å². The lowest BCUT2D eigenvalue weighted by atomic mass is 10.1. The molecule has 1 aromatic rings. The van der Waals surface area contributed by atoms with Gasteiger partial charge in [-0.1, -0.05) is 11.6 Å². The minimum absolute atomic E-state index is 0.0423. The van der Waals surface area contributed by atoms with Crippen molar-refractivity contribution in [2.24, 2.45) is 0 Å². The second kappa shape index (κ2) is 8.84. The van der Waals surface area contributed by atoms with Gasteiger partial charge in [0.2, 0.25) is 5.91 Å². The van der Waals surface area contributed by atoms with Crippen molar-refractivity contribution in [3.8, 4) is 5.75 Å². The van der Waals surface area contributed by atoms with Crippen LogP contribution in [0.3, 0.4) is 0 Å². The largest absolute Gasteiger partial charge is 0.382 e. The van der Waals surface area contributed by atoms with Crippen LogP contribution in [0.1, 0.15) is 18.4 Å². The van der Waals surface area contributed by atoms with E-state index in [4.69, 9.17) is 25.3 Å². The second-order valence-electron chi connectivity index (χ2n) is 5.88. The summed E-state index contributed by atoms with van der Waals surface area (Å²) in [5, 5.41) is 0.423. The van der Waals surface area contributed by atoms with E-state index in [2.05, 4.69) is 0 Å². The van der Waals surface area contributed by atoms with Crippen LogP contribution >= 0.6 is 11.6 Å². The molecular formula is C16H22ClNO6S. The summed E-state index contributed by atoms with van der Waals surface area (Å²) in [4.78, 5) is 13.9. The molecule has 1 aliphatic heterocycles. The average Bonchev–Trinajstić information content (AvgIpc) is 3.01. The third-order valence-corrected chi connectivity index (χ3v) is 4.41. The van der Waals surface area contributed by atoms with Crippen LogP contribution in [0.15, 0.2) is 18.2 Å². The Morgan fingerprint density at radius 2 is 2.20 bits per heavy atom. The van der Waals surface area contributed by atoms with E-state index in [0.717, 1.165) is 19.1 Å². The summed E-state index contributed by atoms with van der Waals surface area (Å²) in [7, 11) is -2.25. The minimum atomic E-state index is -3.70. The Morgan fingerprint density at radius 1 is 1.44 bits per heavy atom. The van der Waals surface area contributed by atoms with Crippen LogP contribution in [0.25, 0.3) is 0 Å². The summed E-state index contributed by atoms with van der Waals surface area (Å²) in [6, 6.07) is 4.60. The number of methoxy groups -OCH3 is 1. The molecule has 25 heavy (non-hydrogen) atoms. The molecule has 0 bridgehead atoms. The standard InChI is InChI=1S/C16H22ClNO6S/c1-22-11-16(19)18(10-14-4-3-7-23-14)9-12-8-13(17)5-6-15(12)24-25(2,20)21/h5-6,8,14H,3-4,7,9-11H2,1-2H3/t14-/m1/s1. The van der Waals surface area contributed by atoms with Gasteiger partial charge in [-0.05, 0) is 31.0 Å². The van der Waals surface area contributed by atoms with Crippen LogP contribution in [0.2, 0.25) is 5.02 Å². The van der Waals surface area contributed by atoms with E-state index in [1.54, 1.807) is 11.0 Å². The summed E-state index contributed by atoms with van der Waals surface area (Å²) >= 11 is 6.02. The first-order valence-electron chi connectivity index (χ1n) is 7.84. The summed E-state index contributed by atoms with van der Waals surface area (Å²) in [5.74, 6) is -0.0715. The van der Waals surface area contributed by atoms with Gasteiger partial charge in [0.25, 0.3) is 0 Å². The molecule has 0 aliphatic carbocycles. The third-order valence-electron chi connectivity index (χ3n) is 3.69. The Hall–Kier alpha value is -1.35. The van der Waals surface area contributed by atoms with Gasteiger partial charge in [0.1, 0.15) is 12.4 Å². The van der Waals surface area contributed by atoms with E-state index in [0.29, 0.717) is 23.7 Å². The Labute approximate surface area is 152 Å². The Morgan fingerprint density at radius 3 is 2.80 bits per heavy atom. The fourth-order valence-electron chi connectivity index (χ4n) is 2.63. The zero-order chi connectivity index (χ0) is 18.4. The van der Waals surface area contributed by atoms with Gasteiger partial charge in [0.15, 0.2) is 0 Å². The van der Waals surface area contributed by atoms with Crippen LogP contribution in [0, 0.1) is 0 Å². The number of nitrogens with zero attached hydrogens (tertiary/aromatic N) is 1. The lowest BCUT2D eigenvalue weighted by molar-refractivity contribution is -0.137. The highest BCUT2D eigenvalue weighted by molar-refractivity contribution is 7.86. The molecule has 1 amide bonds. The maximum absolute atomic E-state index is 12.4. The van der Waals surface area contributed by atoms with E-state index in [1.165, 1.54) is 19.2 Å². The van der Waals surface area contributed by atoms with Gasteiger partial charge < -0.3 is 18.6 Å². The van der Waals surface area contributed by atoms with Gasteiger partial charge in [-0.25, -0.2) is 0 Å². The molecule has 1 heterocycles. The van der Waals surface area contributed by atoms with Crippen LogP contribution in [-0.4, -0.2) is 58.5 Å². The molecule has 0 unspecified atom stereocenters. The SMILES string of the molecule is COCC(=O)N(Cc1cc(Cl)ccc1OS(C)(=O)=O)C[C@H]1CCCO1. The van der Waals surface area contributed by atoms with Gasteiger partial charge in [0, 0.05) is 37.4 Å². The smallest absolute Gasteiger partial charge is 0.306 e. The molecule has 2 rings (SSSR count). The molecule has 0 saturated carbocycles. The number of halogens is 1. The van der Waals surface area contributed by atoms with E-state index in [1.807, 2.05) is 0 Å². The highest BCUT2D eigenvalue weighted by Crippen LogP contribution is 2.26. The quantitative estimate of drug-likeness (QED) is 0.629. The Bertz CT molecular complexity index is 703. The summed E-state index contributed by atoms with van der Waals surface area (Å²) < 4.78 is 38.5. The fraction of sp³-hybridized carbons (Fsp3) is 0.562. The predicted octanol–water partition coefficient (Wildman–Crippen LogP) is 1.83. The van der Waals surface area contributed by atoms with Crippen molar-refractivity contribution < 1.29 is 26.9 Å². The van der Waals surface area contributed by atoms with Crippen molar-refractivity contribution in [3.05, 3.63) is 28.8 Å². The normalized spacial score (nSPS) is 17.5. The average molecular weight is 392 g/mol. The van der Waals surface area contributed by atoms with Crippen LogP contribution in [0.4, 0.5) is 0 Å². The molecule has 1 aliphatic rings. The maximum Gasteiger partial charge on any atom is 0.306 e. The minimum Gasteiger partial charge on any atom is -0.382 e. The summed E-state index contributed by atoms with van der Waals surface area (Å²) in [6.45, 7) is 1.15. The second-order valence-corrected chi connectivity index (χ2v) is 7.89. The molecular weight excluding hydrogens is 370 g/mol. The lowest BCUT2D eigenvalue weighted by Gasteiger charge is -2.26. The van der Waals surface area contributed by atoms with Crippen molar-refractivity contribution in [2.45, 2.75) is 25.5 Å². The van der Waals surface area contributed by atoms with Crippen molar-refractivity contribution in [1.82, 2.24) is 4.90 Å². The van der Waals surface area contributed by atoms with Crippen LogP contribution in [-0.2, 0) is 30.9 Å². The first-order valence-corrected chi connectivity index (χ1v) is 10.0. The number of rotatable bonds is 8. The molecule has 0 N–H and O–H groups in total. The number of hydrogen-bond donors (Lipinski definition) is 0. The molecule has 1 saturated heterocycles. The number of carbonyl (C=O) groups excluding carboxylic acids is 1. The van der Waals surface area contributed by atoms with Gasteiger partial charge in [-0.15, -0.1) is 0 Å². The summed E-state index contributed by atoms with van der Waals surface area (Å²) in [6.07, 6.45) is 2.75. The zero-order valence-electron chi connectivity index (χ0n) is 14.2. The van der Waals surface area contributed by atoms with E-state index in [-0.39, 0.29) is 30.9 Å². The van der Waals surface area contributed by atoms with Crippen molar-refractivity contribution in [2.75, 3.05) is 33.1 Å². The van der Waals surface area contributed by atoms with E-state index in [9.17, 15) is 13.2 Å². The first-order chi connectivity index (χ1) is 11.8. The third kappa shape index (κ3) is 6.47. The van der Waals surface area contributed by atoms with Crippen molar-refractivity contribution in [1.29, 1.82) is 0 Å². The molecule has 1 atom stereocenters. The van der Waals surface area contributed by atoms with Gasteiger partial charge in [-0.2, -0.15) is 8.42 Å². The van der Waals surface area contributed by atoms with Gasteiger partial charge in [-0.3, -0.25) is 4.79 Å². The Balaban J connectivity index is 2.23. The number of carbonyl (C=O) groups is 1. The van der Waals surface area contributed by atoms with Crippen LogP contribution in [0.5, 0.6) is 5.75 Å². The molecule has 7 nitrogen and oxygen atoms in total. The molecule has 9 heteroatoms. The molecule has 0 radical (unpaired) electrons. The van der Waals surface area contributed by atoms with Gasteiger partial charge in [0.05, 0.1) is 12.4 Å². The Kier molecular flexibility index (Phi) is 7.06. The maximum atomic E-state index is 12.4. The number of amides is 1. The molecule has 140 valence electrons. The first kappa shape index (κ1) is 20.0. The van der Waals surface area contributed by atoms with E-state index < -0.39 is 10.1 Å². The van der Waals surface area contributed by atoms with Crippen molar-refractivity contribution >= 4 is 27.6 Å². The summed E-state index contributed by atoms with van der Waals surface area (Å²) in [5.41, 5.74) is 0.500. The molecule has 0 spiro atoms. The highest BCUT2D eigenvalue weighted by atomic mass is 35.5. The molecule has 0 aromatic heterocycles. The number of hydrogen-bond acceptors (Lipinski definition) is 6.